The SMILES string of the molecule is CCCCc1ccccc1-c1cc(O)cc(CCCC)c1O. The zero-order valence-electron chi connectivity index (χ0n) is 13.6. The third kappa shape index (κ3) is 3.82. The number of aromatic hydroxyl groups is 2. The average molecular weight is 298 g/mol. The number of unbranched alkanes of at least 4 members (excludes halogenated alkanes) is 2. The molecule has 0 bridgehead atoms. The Hall–Kier alpha value is -1.96. The summed E-state index contributed by atoms with van der Waals surface area (Å²) in [6, 6.07) is 11.5. The van der Waals surface area contributed by atoms with Crippen LogP contribution in [0.25, 0.3) is 11.1 Å². The molecule has 0 aliphatic rings. The monoisotopic (exact) mass is 298 g/mol. The maximum Gasteiger partial charge on any atom is 0.126 e. The maximum atomic E-state index is 10.6. The van der Waals surface area contributed by atoms with Crippen molar-refractivity contribution in [1.29, 1.82) is 0 Å². The minimum absolute atomic E-state index is 0.226. The molecule has 2 N–H and O–H groups in total. The van der Waals surface area contributed by atoms with E-state index in [2.05, 4.69) is 19.9 Å². The molecule has 22 heavy (non-hydrogen) atoms. The van der Waals surface area contributed by atoms with Gasteiger partial charge in [-0.2, -0.15) is 0 Å². The number of hydrogen-bond donors (Lipinski definition) is 2. The van der Waals surface area contributed by atoms with Gasteiger partial charge in [0.15, 0.2) is 0 Å². The van der Waals surface area contributed by atoms with Crippen LogP contribution in [0.1, 0.15) is 50.7 Å². The molecule has 2 heteroatoms. The first-order valence-electron chi connectivity index (χ1n) is 8.30. The Labute approximate surface area is 133 Å². The summed E-state index contributed by atoms with van der Waals surface area (Å²) in [5.74, 6) is 0.541. The van der Waals surface area contributed by atoms with E-state index in [0.717, 1.165) is 55.2 Å². The summed E-state index contributed by atoms with van der Waals surface area (Å²) in [6.07, 6.45) is 6.12. The summed E-state index contributed by atoms with van der Waals surface area (Å²) in [7, 11) is 0. The lowest BCUT2D eigenvalue weighted by Crippen LogP contribution is -1.93. The first-order valence-corrected chi connectivity index (χ1v) is 8.30. The molecule has 0 amide bonds. The van der Waals surface area contributed by atoms with Crippen LogP contribution in [0.2, 0.25) is 0 Å². The fraction of sp³-hybridized carbons (Fsp3) is 0.400. The van der Waals surface area contributed by atoms with E-state index in [-0.39, 0.29) is 5.75 Å². The summed E-state index contributed by atoms with van der Waals surface area (Å²) in [5, 5.41) is 20.7. The van der Waals surface area contributed by atoms with Gasteiger partial charge in [0.05, 0.1) is 0 Å². The summed E-state index contributed by atoms with van der Waals surface area (Å²) >= 11 is 0. The van der Waals surface area contributed by atoms with Gasteiger partial charge in [-0.05, 0) is 54.5 Å². The number of aryl methyl sites for hydroxylation is 2. The highest BCUT2D eigenvalue weighted by molar-refractivity contribution is 5.76. The van der Waals surface area contributed by atoms with Crippen LogP contribution in [0.4, 0.5) is 0 Å². The van der Waals surface area contributed by atoms with E-state index >= 15 is 0 Å². The molecule has 2 aromatic rings. The average Bonchev–Trinajstić information content (AvgIpc) is 2.53. The maximum absolute atomic E-state index is 10.6. The van der Waals surface area contributed by atoms with Crippen molar-refractivity contribution in [2.75, 3.05) is 0 Å². The van der Waals surface area contributed by atoms with Crippen LogP contribution < -0.4 is 0 Å². The van der Waals surface area contributed by atoms with Gasteiger partial charge < -0.3 is 10.2 Å². The molecule has 2 nitrogen and oxygen atoms in total. The standard InChI is InChI=1S/C20H26O2/c1-3-5-9-15-11-7-8-12-18(15)19-14-17(21)13-16(20(19)22)10-6-4-2/h7-8,11-14,21-22H,3-6,9-10H2,1-2H3. The predicted molar refractivity (Wildman–Crippen MR) is 92.4 cm³/mol. The highest BCUT2D eigenvalue weighted by Crippen LogP contribution is 2.38. The smallest absolute Gasteiger partial charge is 0.126 e. The summed E-state index contributed by atoms with van der Waals surface area (Å²) in [5.41, 5.74) is 3.84. The second-order valence-corrected chi connectivity index (χ2v) is 5.87. The van der Waals surface area contributed by atoms with Crippen LogP contribution in [-0.2, 0) is 12.8 Å². The third-order valence-corrected chi connectivity index (χ3v) is 4.08. The molecule has 0 saturated carbocycles. The number of phenolic OH excluding ortho intramolecular Hbond substituents is 2. The quantitative estimate of drug-likeness (QED) is 0.667. The van der Waals surface area contributed by atoms with E-state index in [1.54, 1.807) is 12.1 Å². The largest absolute Gasteiger partial charge is 0.508 e. The second-order valence-electron chi connectivity index (χ2n) is 5.87. The number of rotatable bonds is 7. The Bertz CT molecular complexity index is 617. The van der Waals surface area contributed by atoms with Gasteiger partial charge in [0.1, 0.15) is 11.5 Å². The fourth-order valence-electron chi connectivity index (χ4n) is 2.81. The van der Waals surface area contributed by atoms with Crippen molar-refractivity contribution in [3.8, 4) is 22.6 Å². The highest BCUT2D eigenvalue weighted by Gasteiger charge is 2.14. The van der Waals surface area contributed by atoms with Gasteiger partial charge in [-0.25, -0.2) is 0 Å². The van der Waals surface area contributed by atoms with Gasteiger partial charge in [-0.1, -0.05) is 51.0 Å². The topological polar surface area (TPSA) is 40.5 Å². The Balaban J connectivity index is 2.46. The molecular weight excluding hydrogens is 272 g/mol. The van der Waals surface area contributed by atoms with E-state index in [1.807, 2.05) is 18.2 Å². The van der Waals surface area contributed by atoms with E-state index in [0.29, 0.717) is 5.75 Å². The van der Waals surface area contributed by atoms with Crippen molar-refractivity contribution in [1.82, 2.24) is 0 Å². The molecule has 0 heterocycles. The number of phenols is 2. The van der Waals surface area contributed by atoms with Crippen molar-refractivity contribution in [3.63, 3.8) is 0 Å². The van der Waals surface area contributed by atoms with Gasteiger partial charge >= 0.3 is 0 Å². The van der Waals surface area contributed by atoms with Crippen LogP contribution in [0, 0.1) is 0 Å². The summed E-state index contributed by atoms with van der Waals surface area (Å²) in [4.78, 5) is 0. The Kier molecular flexibility index (Phi) is 5.88. The molecule has 0 atom stereocenters. The minimum atomic E-state index is 0.226. The molecule has 0 fully saturated rings. The van der Waals surface area contributed by atoms with Crippen LogP contribution in [-0.4, -0.2) is 10.2 Å². The summed E-state index contributed by atoms with van der Waals surface area (Å²) < 4.78 is 0. The molecule has 0 spiro atoms. The minimum Gasteiger partial charge on any atom is -0.508 e. The van der Waals surface area contributed by atoms with Crippen molar-refractivity contribution in [3.05, 3.63) is 47.5 Å². The third-order valence-electron chi connectivity index (χ3n) is 4.08. The molecule has 118 valence electrons. The molecule has 0 aromatic heterocycles. The molecular formula is C20H26O2. The van der Waals surface area contributed by atoms with Crippen LogP contribution >= 0.6 is 0 Å². The van der Waals surface area contributed by atoms with E-state index in [4.69, 9.17) is 0 Å². The fourth-order valence-corrected chi connectivity index (χ4v) is 2.81. The Morgan fingerprint density at radius 1 is 0.773 bits per heavy atom. The van der Waals surface area contributed by atoms with Crippen molar-refractivity contribution in [2.24, 2.45) is 0 Å². The Morgan fingerprint density at radius 3 is 2.09 bits per heavy atom. The van der Waals surface area contributed by atoms with Crippen molar-refractivity contribution < 1.29 is 10.2 Å². The van der Waals surface area contributed by atoms with Gasteiger partial charge in [0, 0.05) is 5.56 Å². The molecule has 0 radical (unpaired) electrons. The van der Waals surface area contributed by atoms with Gasteiger partial charge in [0.2, 0.25) is 0 Å². The summed E-state index contributed by atoms with van der Waals surface area (Å²) in [6.45, 7) is 4.30. The van der Waals surface area contributed by atoms with Gasteiger partial charge in [-0.3, -0.25) is 0 Å². The lowest BCUT2D eigenvalue weighted by Gasteiger charge is -2.14. The molecule has 2 rings (SSSR count). The van der Waals surface area contributed by atoms with Crippen molar-refractivity contribution in [2.45, 2.75) is 52.4 Å². The van der Waals surface area contributed by atoms with Crippen LogP contribution in [0.3, 0.4) is 0 Å². The van der Waals surface area contributed by atoms with Crippen LogP contribution in [0.15, 0.2) is 36.4 Å². The Morgan fingerprint density at radius 2 is 1.41 bits per heavy atom. The number of benzene rings is 2. The second kappa shape index (κ2) is 7.88. The number of hydrogen-bond acceptors (Lipinski definition) is 2. The zero-order valence-corrected chi connectivity index (χ0v) is 13.6. The van der Waals surface area contributed by atoms with Gasteiger partial charge in [-0.15, -0.1) is 0 Å². The molecule has 0 aliphatic heterocycles. The molecule has 0 unspecified atom stereocenters. The molecule has 2 aromatic carbocycles. The lowest BCUT2D eigenvalue weighted by molar-refractivity contribution is 0.455. The first kappa shape index (κ1) is 16.4. The van der Waals surface area contributed by atoms with Gasteiger partial charge in [0.25, 0.3) is 0 Å². The van der Waals surface area contributed by atoms with E-state index in [1.165, 1.54) is 5.56 Å². The normalized spacial score (nSPS) is 10.8. The lowest BCUT2D eigenvalue weighted by atomic mass is 9.93. The molecule has 0 aliphatic carbocycles. The van der Waals surface area contributed by atoms with Crippen LogP contribution in [0.5, 0.6) is 11.5 Å². The molecule has 0 saturated heterocycles. The zero-order chi connectivity index (χ0) is 15.9. The van der Waals surface area contributed by atoms with Crippen molar-refractivity contribution >= 4 is 0 Å². The van der Waals surface area contributed by atoms with E-state index in [9.17, 15) is 10.2 Å². The predicted octanol–water partition coefficient (Wildman–Crippen LogP) is 5.45. The van der Waals surface area contributed by atoms with E-state index < -0.39 is 0 Å². The highest BCUT2D eigenvalue weighted by atomic mass is 16.3. The first-order chi connectivity index (χ1) is 10.7.